The van der Waals surface area contributed by atoms with Crippen molar-refractivity contribution < 1.29 is 63.5 Å². The lowest BCUT2D eigenvalue weighted by molar-refractivity contribution is -0.595. The highest BCUT2D eigenvalue weighted by Crippen LogP contribution is 2.75. The fraction of sp³-hybridized carbons (Fsp3) is 0.727. The fourth-order valence-electron chi connectivity index (χ4n) is 12.8. The number of benzene rings is 1. The van der Waals surface area contributed by atoms with Gasteiger partial charge in [0.25, 0.3) is 0 Å². The smallest absolute Gasteiger partial charge is 0.331 e. The van der Waals surface area contributed by atoms with Crippen LogP contribution in [0.1, 0.15) is 85.1 Å². The second kappa shape index (κ2) is 13.4. The largest absolute Gasteiger partial charge is 0.458 e. The molecule has 8 fully saturated rings. The molecule has 312 valence electrons. The molecular formula is C44H58O13. The van der Waals surface area contributed by atoms with Gasteiger partial charge < -0.3 is 54.0 Å². The molecule has 1 aromatic carbocycles. The molecule has 5 N–H and O–H groups in total. The maximum absolute atomic E-state index is 13.7. The summed E-state index contributed by atoms with van der Waals surface area (Å²) in [7, 11) is 0. The third kappa shape index (κ3) is 5.45. The van der Waals surface area contributed by atoms with Gasteiger partial charge in [-0.05, 0) is 75.2 Å². The second-order valence-electron chi connectivity index (χ2n) is 19.2. The molecule has 0 aromatic heterocycles. The molecule has 0 radical (unpaired) electrons. The van der Waals surface area contributed by atoms with Crippen molar-refractivity contribution in [2.75, 3.05) is 6.61 Å². The molecule has 7 heterocycles. The third-order valence-electron chi connectivity index (χ3n) is 15.4. The van der Waals surface area contributed by atoms with Gasteiger partial charge in [-0.1, -0.05) is 70.2 Å². The topological polar surface area (TPSA) is 194 Å². The Bertz CT molecular complexity index is 1810. The van der Waals surface area contributed by atoms with Crippen LogP contribution in [-0.2, 0) is 44.0 Å². The van der Waals surface area contributed by atoms with E-state index in [0.29, 0.717) is 31.2 Å². The molecule has 4 saturated heterocycles. The number of aliphatic hydroxyl groups excluding tert-OH is 2. The number of rotatable bonds is 5. The van der Waals surface area contributed by atoms with Gasteiger partial charge in [0.1, 0.15) is 53.4 Å². The number of carbonyl (C=O) groups is 2. The first-order valence-corrected chi connectivity index (χ1v) is 21.0. The summed E-state index contributed by atoms with van der Waals surface area (Å²) in [6.07, 6.45) is 2.84. The third-order valence-corrected chi connectivity index (χ3v) is 15.4. The molecule has 12 rings (SSSR count). The Morgan fingerprint density at radius 3 is 2.33 bits per heavy atom. The lowest BCUT2D eigenvalue weighted by Crippen LogP contribution is -2.89. The average Bonchev–Trinajstić information content (AvgIpc) is 3.86. The van der Waals surface area contributed by atoms with E-state index in [1.165, 1.54) is 12.2 Å². The molecule has 0 amide bonds. The minimum absolute atomic E-state index is 0.00642. The summed E-state index contributed by atoms with van der Waals surface area (Å²) in [5, 5.41) is 63.1. The van der Waals surface area contributed by atoms with Gasteiger partial charge in [0, 0.05) is 35.8 Å². The molecule has 4 aliphatic carbocycles. The van der Waals surface area contributed by atoms with E-state index >= 15 is 0 Å². The first kappa shape index (κ1) is 39.7. The second-order valence-corrected chi connectivity index (χ2v) is 19.2. The number of fused-ring (bicyclic) bond motifs is 2. The van der Waals surface area contributed by atoms with Crippen molar-refractivity contribution >= 4 is 11.9 Å². The van der Waals surface area contributed by atoms with E-state index in [9.17, 15) is 35.1 Å². The Morgan fingerprint density at radius 1 is 0.947 bits per heavy atom. The van der Waals surface area contributed by atoms with E-state index in [4.69, 9.17) is 28.4 Å². The van der Waals surface area contributed by atoms with Crippen molar-refractivity contribution in [2.45, 2.75) is 150 Å². The van der Waals surface area contributed by atoms with Crippen LogP contribution in [0.2, 0.25) is 0 Å². The number of esters is 2. The Kier molecular flexibility index (Phi) is 9.33. The zero-order chi connectivity index (χ0) is 40.5. The minimum Gasteiger partial charge on any atom is -0.458 e. The van der Waals surface area contributed by atoms with Crippen LogP contribution in [0.15, 0.2) is 54.6 Å². The monoisotopic (exact) mass is 794 g/mol. The molecule has 11 bridgehead atoms. The molecule has 13 heteroatoms. The zero-order valence-electron chi connectivity index (χ0n) is 33.4. The summed E-state index contributed by atoms with van der Waals surface area (Å²) in [6.45, 7) is 8.55. The fourth-order valence-corrected chi connectivity index (χ4v) is 12.8. The van der Waals surface area contributed by atoms with Crippen molar-refractivity contribution in [3.63, 3.8) is 0 Å². The number of ether oxygens (including phenoxy) is 6. The number of allylic oxidation sites excluding steroid dienone is 2. The molecule has 1 aromatic rings. The highest BCUT2D eigenvalue weighted by molar-refractivity contribution is 5.82. The van der Waals surface area contributed by atoms with E-state index in [1.807, 2.05) is 45.9 Å². The van der Waals surface area contributed by atoms with E-state index < -0.39 is 107 Å². The lowest BCUT2D eigenvalue weighted by Gasteiger charge is -2.74. The van der Waals surface area contributed by atoms with Crippen LogP contribution in [0.3, 0.4) is 0 Å². The van der Waals surface area contributed by atoms with Gasteiger partial charge in [-0.15, -0.1) is 0 Å². The van der Waals surface area contributed by atoms with Crippen LogP contribution in [0, 0.1) is 41.4 Å². The SMILES string of the molecule is CC(C)CC(=O)O[C@@H]1C=CC=CC(=O)O[C@H]2[C@@H](C)C[C@@H]3[C@]2(O)[C@H](O)[C@@]2(CO)O[C@H]2[C@H]2[C@H]4O[C@]5(c6ccccc6)O[C@@H]([C@@H](C)[C@@]23O5)[C@@]4(O)[C@](C)(O)CC2CCC1CC2. The van der Waals surface area contributed by atoms with Crippen molar-refractivity contribution in [2.24, 2.45) is 41.4 Å². The summed E-state index contributed by atoms with van der Waals surface area (Å²) in [5.74, 6) is -5.95. The molecule has 13 nitrogen and oxygen atoms in total. The predicted octanol–water partition coefficient (Wildman–Crippen LogP) is 3.18. The van der Waals surface area contributed by atoms with Gasteiger partial charge in [-0.25, -0.2) is 4.79 Å². The Balaban J connectivity index is 1.20. The summed E-state index contributed by atoms with van der Waals surface area (Å²) in [5.41, 5.74) is -8.71. The van der Waals surface area contributed by atoms with Crippen LogP contribution in [0.25, 0.3) is 0 Å². The minimum atomic E-state index is -2.21. The first-order chi connectivity index (χ1) is 27.0. The van der Waals surface area contributed by atoms with Crippen LogP contribution < -0.4 is 0 Å². The quantitative estimate of drug-likeness (QED) is 0.216. The molecule has 4 saturated carbocycles. The van der Waals surface area contributed by atoms with Crippen molar-refractivity contribution in [3.05, 3.63) is 60.2 Å². The van der Waals surface area contributed by atoms with Gasteiger partial charge in [-0.3, -0.25) is 4.79 Å². The number of carbonyl (C=O) groups excluding carboxylic acids is 2. The standard InChI is InChI=1S/C44H58O13/c1-23(2)19-32(47)52-29-13-9-10-14-31(46)53-34-24(3)20-30-41(34,50)38(48)40(22-45)36(54-40)33-37-43(51,39(5,49)21-26-15-17-27(29)18-16-26)35-25(4)42(30,33)57-44(55-35,56-37)28-11-7-6-8-12-28/h6-14,23-27,29-30,33-38,45,48-51H,15-22H2,1-5H3/t24-,25+,26?,27?,29+,30+,33-,34-,35-,36-,37+,38+,39+,40-,41+,42-,43-,44-/m0/s1. The number of epoxide rings is 1. The van der Waals surface area contributed by atoms with Crippen LogP contribution in [0.4, 0.5) is 0 Å². The zero-order valence-corrected chi connectivity index (χ0v) is 33.4. The van der Waals surface area contributed by atoms with Gasteiger partial charge >= 0.3 is 17.9 Å². The number of aliphatic hydroxyl groups is 5. The maximum atomic E-state index is 13.7. The predicted molar refractivity (Wildman–Crippen MR) is 200 cm³/mol. The maximum Gasteiger partial charge on any atom is 0.331 e. The Hall–Kier alpha value is -2.72. The molecule has 16 atom stereocenters. The molecule has 57 heavy (non-hydrogen) atoms. The van der Waals surface area contributed by atoms with Gasteiger partial charge in [0.05, 0.1) is 17.8 Å². The van der Waals surface area contributed by atoms with E-state index in [2.05, 4.69) is 0 Å². The van der Waals surface area contributed by atoms with Crippen molar-refractivity contribution in [1.82, 2.24) is 0 Å². The number of hydrogen-bond donors (Lipinski definition) is 5. The summed E-state index contributed by atoms with van der Waals surface area (Å²) < 4.78 is 39.4. The van der Waals surface area contributed by atoms with Crippen LogP contribution in [0.5, 0.6) is 0 Å². The van der Waals surface area contributed by atoms with E-state index in [0.717, 1.165) is 0 Å². The van der Waals surface area contributed by atoms with Gasteiger partial charge in [0.15, 0.2) is 0 Å². The van der Waals surface area contributed by atoms with Gasteiger partial charge in [0.2, 0.25) is 0 Å². The van der Waals surface area contributed by atoms with E-state index in [1.54, 1.807) is 31.2 Å². The van der Waals surface area contributed by atoms with Crippen LogP contribution >= 0.6 is 0 Å². The summed E-state index contributed by atoms with van der Waals surface area (Å²) in [6, 6.07) is 9.06. The average molecular weight is 795 g/mol. The molecule has 11 aliphatic rings. The van der Waals surface area contributed by atoms with E-state index in [-0.39, 0.29) is 43.0 Å². The molecular weight excluding hydrogens is 736 g/mol. The molecule has 0 unspecified atom stereocenters. The van der Waals surface area contributed by atoms with Gasteiger partial charge in [-0.2, -0.15) is 0 Å². The molecule has 7 aliphatic heterocycles. The normalized spacial score (nSPS) is 52.2. The van der Waals surface area contributed by atoms with Crippen molar-refractivity contribution in [1.29, 1.82) is 0 Å². The molecule has 1 spiro atoms. The highest BCUT2D eigenvalue weighted by Gasteiger charge is 2.91. The van der Waals surface area contributed by atoms with Crippen LogP contribution in [-0.4, -0.2) is 109 Å². The lowest BCUT2D eigenvalue weighted by atomic mass is 9.49. The Morgan fingerprint density at radius 2 is 1.65 bits per heavy atom. The summed E-state index contributed by atoms with van der Waals surface area (Å²) in [4.78, 5) is 26.6. The van der Waals surface area contributed by atoms with Crippen molar-refractivity contribution in [3.8, 4) is 0 Å². The summed E-state index contributed by atoms with van der Waals surface area (Å²) >= 11 is 0. The first-order valence-electron chi connectivity index (χ1n) is 21.0. The highest BCUT2D eigenvalue weighted by atomic mass is 16.9. The Labute approximate surface area is 333 Å². The number of hydrogen-bond acceptors (Lipinski definition) is 13.